The van der Waals surface area contributed by atoms with Gasteiger partial charge in [0.1, 0.15) is 18.0 Å². The van der Waals surface area contributed by atoms with E-state index in [1.54, 1.807) is 13.2 Å². The second kappa shape index (κ2) is 10.8. The van der Waals surface area contributed by atoms with Gasteiger partial charge in [0, 0.05) is 4.88 Å². The molecule has 1 amide bonds. The van der Waals surface area contributed by atoms with Crippen LogP contribution in [0.5, 0.6) is 11.5 Å². The smallest absolute Gasteiger partial charge is 0.262 e. The molecule has 4 rings (SSSR count). The summed E-state index contributed by atoms with van der Waals surface area (Å²) < 4.78 is 13.4. The van der Waals surface area contributed by atoms with Crippen LogP contribution in [0.2, 0.25) is 0 Å². The SMILES string of the molecule is COc1cc(C=NNC(=O)Cn2cnc3sc(C)c(C)c3c2=O)cc(Br)c1OCc1ccccc1. The van der Waals surface area contributed by atoms with Crippen molar-refractivity contribution >= 4 is 49.6 Å². The fourth-order valence-corrected chi connectivity index (χ4v) is 5.00. The van der Waals surface area contributed by atoms with Crippen LogP contribution in [-0.2, 0) is 17.9 Å². The number of methoxy groups -OCH3 is 1. The number of ether oxygens (including phenoxy) is 2. The first-order valence-corrected chi connectivity index (χ1v) is 12.3. The van der Waals surface area contributed by atoms with Crippen molar-refractivity contribution in [2.75, 3.05) is 7.11 Å². The van der Waals surface area contributed by atoms with Gasteiger partial charge in [0.25, 0.3) is 11.5 Å². The summed E-state index contributed by atoms with van der Waals surface area (Å²) in [6, 6.07) is 13.4. The minimum Gasteiger partial charge on any atom is -0.493 e. The summed E-state index contributed by atoms with van der Waals surface area (Å²) in [4.78, 5) is 31.2. The zero-order valence-electron chi connectivity index (χ0n) is 19.4. The molecule has 0 radical (unpaired) electrons. The van der Waals surface area contributed by atoms with Crippen LogP contribution in [0.3, 0.4) is 0 Å². The van der Waals surface area contributed by atoms with Gasteiger partial charge in [-0.2, -0.15) is 5.10 Å². The van der Waals surface area contributed by atoms with E-state index in [2.05, 4.69) is 31.4 Å². The highest BCUT2D eigenvalue weighted by Crippen LogP contribution is 2.36. The fourth-order valence-electron chi connectivity index (χ4n) is 3.44. The lowest BCUT2D eigenvalue weighted by Crippen LogP contribution is -2.30. The zero-order chi connectivity index (χ0) is 24.9. The molecule has 0 saturated heterocycles. The topological polar surface area (TPSA) is 94.8 Å². The van der Waals surface area contributed by atoms with Crippen LogP contribution in [0.1, 0.15) is 21.6 Å². The molecule has 180 valence electrons. The Morgan fingerprint density at radius 1 is 1.26 bits per heavy atom. The van der Waals surface area contributed by atoms with E-state index in [4.69, 9.17) is 9.47 Å². The van der Waals surface area contributed by atoms with Crippen molar-refractivity contribution in [2.45, 2.75) is 27.0 Å². The first kappa shape index (κ1) is 24.6. The average molecular weight is 555 g/mol. The van der Waals surface area contributed by atoms with Crippen LogP contribution in [-0.4, -0.2) is 28.8 Å². The van der Waals surface area contributed by atoms with Crippen LogP contribution in [0.15, 0.2) is 63.2 Å². The van der Waals surface area contributed by atoms with E-state index in [9.17, 15) is 9.59 Å². The van der Waals surface area contributed by atoms with Crippen molar-refractivity contribution in [2.24, 2.45) is 5.10 Å². The minimum absolute atomic E-state index is 0.188. The third-order valence-electron chi connectivity index (χ3n) is 5.35. The molecule has 0 aliphatic carbocycles. The van der Waals surface area contributed by atoms with Gasteiger partial charge in [0.05, 0.1) is 29.5 Å². The molecular formula is C25H23BrN4O4S. The molecule has 0 fully saturated rings. The molecule has 2 aromatic carbocycles. The summed E-state index contributed by atoms with van der Waals surface area (Å²) in [5.41, 5.74) is 4.83. The number of aromatic nitrogens is 2. The second-order valence-electron chi connectivity index (χ2n) is 7.74. The number of nitrogens with zero attached hydrogens (tertiary/aromatic N) is 3. The van der Waals surface area contributed by atoms with Crippen molar-refractivity contribution in [3.05, 3.63) is 85.2 Å². The molecule has 2 heterocycles. The third kappa shape index (κ3) is 5.60. The lowest BCUT2D eigenvalue weighted by molar-refractivity contribution is -0.121. The molecule has 0 unspecified atom stereocenters. The van der Waals surface area contributed by atoms with E-state index in [0.717, 1.165) is 16.0 Å². The minimum atomic E-state index is -0.442. The molecule has 0 saturated carbocycles. The standard InChI is InChI=1S/C25H23BrN4O4S/c1-15-16(2)35-24-22(15)25(32)30(14-27-24)12-21(31)29-28-11-18-9-19(26)23(20(10-18)33-3)34-13-17-7-5-4-6-8-17/h4-11,14H,12-13H2,1-3H3,(H,29,31). The molecule has 2 aromatic heterocycles. The maximum atomic E-state index is 12.8. The molecule has 0 aliphatic rings. The Morgan fingerprint density at radius 3 is 2.77 bits per heavy atom. The molecule has 0 atom stereocenters. The van der Waals surface area contributed by atoms with E-state index >= 15 is 0 Å². The number of halogens is 1. The third-order valence-corrected chi connectivity index (χ3v) is 7.05. The Morgan fingerprint density at radius 2 is 2.03 bits per heavy atom. The van der Waals surface area contributed by atoms with E-state index in [1.165, 1.54) is 28.4 Å². The number of nitrogens with one attached hydrogen (secondary N) is 1. The quantitative estimate of drug-likeness (QED) is 0.254. The summed E-state index contributed by atoms with van der Waals surface area (Å²) in [6.45, 7) is 4.04. The zero-order valence-corrected chi connectivity index (χ0v) is 21.8. The Bertz CT molecular complexity index is 1460. The van der Waals surface area contributed by atoms with Crippen molar-refractivity contribution in [1.29, 1.82) is 0 Å². The van der Waals surface area contributed by atoms with Crippen molar-refractivity contribution in [3.8, 4) is 11.5 Å². The van der Waals surface area contributed by atoms with Crippen LogP contribution in [0.4, 0.5) is 0 Å². The number of carbonyl (C=O) groups is 1. The van der Waals surface area contributed by atoms with Gasteiger partial charge < -0.3 is 9.47 Å². The molecular weight excluding hydrogens is 532 g/mol. The van der Waals surface area contributed by atoms with Crippen molar-refractivity contribution < 1.29 is 14.3 Å². The summed E-state index contributed by atoms with van der Waals surface area (Å²) >= 11 is 4.98. The second-order valence-corrected chi connectivity index (χ2v) is 9.80. The Hall–Kier alpha value is -3.50. The lowest BCUT2D eigenvalue weighted by atomic mass is 10.2. The van der Waals surface area contributed by atoms with Crippen molar-refractivity contribution in [1.82, 2.24) is 15.0 Å². The molecule has 0 bridgehead atoms. The number of rotatable bonds is 8. The summed E-state index contributed by atoms with van der Waals surface area (Å²) in [5.74, 6) is 0.650. The maximum Gasteiger partial charge on any atom is 0.262 e. The number of hydrogen-bond donors (Lipinski definition) is 1. The summed E-state index contributed by atoms with van der Waals surface area (Å²) in [7, 11) is 1.55. The Balaban J connectivity index is 1.42. The molecule has 8 nitrogen and oxygen atoms in total. The van der Waals surface area contributed by atoms with E-state index in [0.29, 0.717) is 38.4 Å². The molecule has 35 heavy (non-hydrogen) atoms. The van der Waals surface area contributed by atoms with Crippen LogP contribution >= 0.6 is 27.3 Å². The number of thiophene rings is 1. The fraction of sp³-hybridized carbons (Fsp3) is 0.200. The number of hydrazone groups is 1. The molecule has 4 aromatic rings. The predicted octanol–water partition coefficient (Wildman–Crippen LogP) is 4.58. The predicted molar refractivity (Wildman–Crippen MR) is 141 cm³/mol. The summed E-state index contributed by atoms with van der Waals surface area (Å²) in [5, 5.41) is 4.57. The Kier molecular flexibility index (Phi) is 7.62. The van der Waals surface area contributed by atoms with Gasteiger partial charge in [0.15, 0.2) is 11.5 Å². The largest absolute Gasteiger partial charge is 0.493 e. The number of fused-ring (bicyclic) bond motifs is 1. The van der Waals surface area contributed by atoms with Crippen LogP contribution in [0.25, 0.3) is 10.2 Å². The van der Waals surface area contributed by atoms with Gasteiger partial charge in [-0.25, -0.2) is 10.4 Å². The highest BCUT2D eigenvalue weighted by Gasteiger charge is 2.14. The molecule has 0 spiro atoms. The number of amides is 1. The van der Waals surface area contributed by atoms with Gasteiger partial charge in [-0.05, 0) is 58.6 Å². The van der Waals surface area contributed by atoms with E-state index in [-0.39, 0.29) is 12.1 Å². The number of aryl methyl sites for hydroxylation is 2. The highest BCUT2D eigenvalue weighted by atomic mass is 79.9. The molecule has 10 heteroatoms. The van der Waals surface area contributed by atoms with Gasteiger partial charge in [-0.1, -0.05) is 30.3 Å². The maximum absolute atomic E-state index is 12.8. The first-order valence-electron chi connectivity index (χ1n) is 10.7. The molecule has 0 aliphatic heterocycles. The molecule has 1 N–H and O–H groups in total. The number of hydrogen-bond acceptors (Lipinski definition) is 7. The number of carbonyl (C=O) groups excluding carboxylic acids is 1. The van der Waals surface area contributed by atoms with Gasteiger partial charge in [-0.3, -0.25) is 14.2 Å². The monoisotopic (exact) mass is 554 g/mol. The highest BCUT2D eigenvalue weighted by molar-refractivity contribution is 9.10. The first-order chi connectivity index (χ1) is 16.9. The van der Waals surface area contributed by atoms with Gasteiger partial charge >= 0.3 is 0 Å². The lowest BCUT2D eigenvalue weighted by Gasteiger charge is -2.13. The normalized spacial score (nSPS) is 11.2. The van der Waals surface area contributed by atoms with Gasteiger partial charge in [-0.15, -0.1) is 11.3 Å². The van der Waals surface area contributed by atoms with Crippen LogP contribution in [0, 0.1) is 13.8 Å². The van der Waals surface area contributed by atoms with Crippen molar-refractivity contribution in [3.63, 3.8) is 0 Å². The average Bonchev–Trinajstić information content (AvgIpc) is 3.14. The van der Waals surface area contributed by atoms with E-state index in [1.807, 2.05) is 50.2 Å². The number of benzene rings is 2. The van der Waals surface area contributed by atoms with Gasteiger partial charge in [0.2, 0.25) is 0 Å². The van der Waals surface area contributed by atoms with E-state index < -0.39 is 5.91 Å². The van der Waals surface area contributed by atoms with Crippen LogP contribution < -0.4 is 20.5 Å². The Labute approximate surface area is 214 Å². The summed E-state index contributed by atoms with van der Waals surface area (Å²) in [6.07, 6.45) is 2.88.